The highest BCUT2D eigenvalue weighted by Crippen LogP contribution is 2.18. The van der Waals surface area contributed by atoms with Gasteiger partial charge in [0.05, 0.1) is 12.1 Å². The molecular formula is C17H18N4O. The van der Waals surface area contributed by atoms with Crippen LogP contribution in [0.5, 0.6) is 0 Å². The van der Waals surface area contributed by atoms with Crippen LogP contribution in [0.1, 0.15) is 30.1 Å². The maximum atomic E-state index is 12.1. The van der Waals surface area contributed by atoms with Crippen molar-refractivity contribution in [2.75, 3.05) is 5.32 Å². The lowest BCUT2D eigenvalue weighted by Crippen LogP contribution is -2.32. The van der Waals surface area contributed by atoms with Gasteiger partial charge in [-0.25, -0.2) is 9.78 Å². The standard InChI is InChI=1S/C17H18N4O/c1-13-7-5-11-16(19-13)21-17(22)20-15(10-6-12-18)14-8-3-2-4-9-14/h2-5,7-9,11,15H,6,10H2,1H3,(H2,19,20,21,22). The minimum Gasteiger partial charge on any atom is -0.331 e. The lowest BCUT2D eigenvalue weighted by atomic mass is 10.0. The molecule has 5 heteroatoms. The van der Waals surface area contributed by atoms with Crippen LogP contribution in [0.25, 0.3) is 0 Å². The van der Waals surface area contributed by atoms with Crippen molar-refractivity contribution in [3.8, 4) is 6.07 Å². The summed E-state index contributed by atoms with van der Waals surface area (Å²) in [5.41, 5.74) is 1.81. The third-order valence-electron chi connectivity index (χ3n) is 3.18. The van der Waals surface area contributed by atoms with E-state index in [0.29, 0.717) is 18.7 Å². The van der Waals surface area contributed by atoms with Crippen LogP contribution in [-0.4, -0.2) is 11.0 Å². The first-order valence-electron chi connectivity index (χ1n) is 7.12. The number of nitrogens with one attached hydrogen (secondary N) is 2. The number of hydrogen-bond donors (Lipinski definition) is 2. The highest BCUT2D eigenvalue weighted by molar-refractivity contribution is 5.88. The molecule has 1 heterocycles. The number of nitriles is 1. The van der Waals surface area contributed by atoms with Crippen LogP contribution in [0.2, 0.25) is 0 Å². The van der Waals surface area contributed by atoms with E-state index in [-0.39, 0.29) is 12.1 Å². The van der Waals surface area contributed by atoms with Crippen LogP contribution in [0, 0.1) is 18.3 Å². The van der Waals surface area contributed by atoms with Gasteiger partial charge >= 0.3 is 6.03 Å². The van der Waals surface area contributed by atoms with Crippen LogP contribution in [0.15, 0.2) is 48.5 Å². The van der Waals surface area contributed by atoms with E-state index in [9.17, 15) is 4.79 Å². The second-order valence-electron chi connectivity index (χ2n) is 4.92. The van der Waals surface area contributed by atoms with E-state index in [1.165, 1.54) is 0 Å². The largest absolute Gasteiger partial charge is 0.331 e. The van der Waals surface area contributed by atoms with E-state index in [1.54, 1.807) is 6.07 Å². The Bertz CT molecular complexity index is 664. The molecule has 2 N–H and O–H groups in total. The number of benzene rings is 1. The molecule has 2 amide bonds. The molecule has 0 spiro atoms. The third-order valence-corrected chi connectivity index (χ3v) is 3.18. The Morgan fingerprint density at radius 2 is 2.00 bits per heavy atom. The van der Waals surface area contributed by atoms with Crippen LogP contribution >= 0.6 is 0 Å². The molecule has 0 aliphatic heterocycles. The zero-order chi connectivity index (χ0) is 15.8. The summed E-state index contributed by atoms with van der Waals surface area (Å²) in [6, 6.07) is 16.6. The number of pyridine rings is 1. The molecule has 0 bridgehead atoms. The molecule has 22 heavy (non-hydrogen) atoms. The molecule has 2 rings (SSSR count). The summed E-state index contributed by atoms with van der Waals surface area (Å²) < 4.78 is 0. The number of rotatable bonds is 5. The molecule has 5 nitrogen and oxygen atoms in total. The highest BCUT2D eigenvalue weighted by Gasteiger charge is 2.14. The minimum atomic E-state index is -0.329. The van der Waals surface area contributed by atoms with Crippen LogP contribution in [0.3, 0.4) is 0 Å². The second-order valence-corrected chi connectivity index (χ2v) is 4.92. The Labute approximate surface area is 130 Å². The molecule has 0 aliphatic carbocycles. The van der Waals surface area contributed by atoms with Gasteiger partial charge in [0.25, 0.3) is 0 Å². The number of urea groups is 1. The Balaban J connectivity index is 2.03. The number of aromatic nitrogens is 1. The summed E-state index contributed by atoms with van der Waals surface area (Å²) in [5, 5.41) is 14.4. The summed E-state index contributed by atoms with van der Waals surface area (Å²) in [6.45, 7) is 1.86. The van der Waals surface area contributed by atoms with Gasteiger partial charge in [-0.15, -0.1) is 0 Å². The molecule has 2 aromatic rings. The number of nitrogens with zero attached hydrogens (tertiary/aromatic N) is 2. The molecule has 0 saturated carbocycles. The van der Waals surface area contributed by atoms with Gasteiger partial charge in [0.2, 0.25) is 0 Å². The molecular weight excluding hydrogens is 276 g/mol. The van der Waals surface area contributed by atoms with E-state index in [2.05, 4.69) is 21.7 Å². The monoisotopic (exact) mass is 294 g/mol. The molecule has 1 atom stereocenters. The maximum absolute atomic E-state index is 12.1. The summed E-state index contributed by atoms with van der Waals surface area (Å²) in [4.78, 5) is 16.4. The van der Waals surface area contributed by atoms with Gasteiger partial charge < -0.3 is 5.32 Å². The van der Waals surface area contributed by atoms with Gasteiger partial charge in [-0.05, 0) is 31.0 Å². The van der Waals surface area contributed by atoms with Gasteiger partial charge in [0, 0.05) is 12.1 Å². The molecule has 0 fully saturated rings. The van der Waals surface area contributed by atoms with Gasteiger partial charge in [0.1, 0.15) is 5.82 Å². The molecule has 1 aromatic carbocycles. The Kier molecular flexibility index (Phi) is 5.50. The van der Waals surface area contributed by atoms with Crippen molar-refractivity contribution in [2.24, 2.45) is 0 Å². The molecule has 112 valence electrons. The summed E-state index contributed by atoms with van der Waals surface area (Å²) in [7, 11) is 0. The van der Waals surface area contributed by atoms with Crippen molar-refractivity contribution < 1.29 is 4.79 Å². The van der Waals surface area contributed by atoms with Gasteiger partial charge in [0.15, 0.2) is 0 Å². The number of carbonyl (C=O) groups excluding carboxylic acids is 1. The van der Waals surface area contributed by atoms with Crippen molar-refractivity contribution in [3.05, 3.63) is 59.8 Å². The normalized spacial score (nSPS) is 11.3. The van der Waals surface area contributed by atoms with E-state index in [1.807, 2.05) is 49.4 Å². The first-order valence-corrected chi connectivity index (χ1v) is 7.12. The van der Waals surface area contributed by atoms with Crippen molar-refractivity contribution >= 4 is 11.8 Å². The molecule has 0 aliphatic rings. The second kappa shape index (κ2) is 7.79. The third kappa shape index (κ3) is 4.60. The van der Waals surface area contributed by atoms with E-state index in [4.69, 9.17) is 5.26 Å². The predicted molar refractivity (Wildman–Crippen MR) is 85.2 cm³/mol. The van der Waals surface area contributed by atoms with Crippen molar-refractivity contribution in [1.29, 1.82) is 5.26 Å². The first kappa shape index (κ1) is 15.5. The Morgan fingerprint density at radius 3 is 2.68 bits per heavy atom. The predicted octanol–water partition coefficient (Wildman–Crippen LogP) is 3.56. The fourth-order valence-electron chi connectivity index (χ4n) is 2.14. The molecule has 0 radical (unpaired) electrons. The number of hydrogen-bond acceptors (Lipinski definition) is 3. The van der Waals surface area contributed by atoms with Crippen LogP contribution < -0.4 is 10.6 Å². The smallest absolute Gasteiger partial charge is 0.320 e. The topological polar surface area (TPSA) is 77.8 Å². The van der Waals surface area contributed by atoms with Gasteiger partial charge in [-0.1, -0.05) is 36.4 Å². The Hall–Kier alpha value is -2.87. The fraction of sp³-hybridized carbons (Fsp3) is 0.235. The van der Waals surface area contributed by atoms with E-state index >= 15 is 0 Å². The quantitative estimate of drug-likeness (QED) is 0.885. The molecule has 1 unspecified atom stereocenters. The number of carbonyl (C=O) groups is 1. The lowest BCUT2D eigenvalue weighted by Gasteiger charge is -2.18. The zero-order valence-electron chi connectivity index (χ0n) is 12.4. The first-order chi connectivity index (χ1) is 10.7. The molecule has 0 saturated heterocycles. The van der Waals surface area contributed by atoms with Gasteiger partial charge in [-0.3, -0.25) is 5.32 Å². The SMILES string of the molecule is Cc1cccc(NC(=O)NC(CCC#N)c2ccccc2)n1. The average Bonchev–Trinajstić information content (AvgIpc) is 2.52. The highest BCUT2D eigenvalue weighted by atomic mass is 16.2. The van der Waals surface area contributed by atoms with Crippen molar-refractivity contribution in [3.63, 3.8) is 0 Å². The van der Waals surface area contributed by atoms with Gasteiger partial charge in [-0.2, -0.15) is 5.26 Å². The number of anilines is 1. The Morgan fingerprint density at radius 1 is 1.23 bits per heavy atom. The van der Waals surface area contributed by atoms with Crippen molar-refractivity contribution in [1.82, 2.24) is 10.3 Å². The van der Waals surface area contributed by atoms with Crippen LogP contribution in [-0.2, 0) is 0 Å². The average molecular weight is 294 g/mol. The van der Waals surface area contributed by atoms with E-state index < -0.39 is 0 Å². The number of amides is 2. The summed E-state index contributed by atoms with van der Waals surface area (Å²) >= 11 is 0. The van der Waals surface area contributed by atoms with E-state index in [0.717, 1.165) is 11.3 Å². The fourth-order valence-corrected chi connectivity index (χ4v) is 2.14. The summed E-state index contributed by atoms with van der Waals surface area (Å²) in [5.74, 6) is 0.504. The lowest BCUT2D eigenvalue weighted by molar-refractivity contribution is 0.248. The zero-order valence-corrected chi connectivity index (χ0v) is 12.4. The number of aryl methyl sites for hydroxylation is 1. The van der Waals surface area contributed by atoms with Crippen LogP contribution in [0.4, 0.5) is 10.6 Å². The van der Waals surface area contributed by atoms with Crippen molar-refractivity contribution in [2.45, 2.75) is 25.8 Å². The minimum absolute atomic E-state index is 0.203. The molecule has 1 aromatic heterocycles. The summed E-state index contributed by atoms with van der Waals surface area (Å²) in [6.07, 6.45) is 0.942. The maximum Gasteiger partial charge on any atom is 0.320 e.